The molecule has 7 heteroatoms. The number of anilines is 1. The van der Waals surface area contributed by atoms with Crippen LogP contribution in [-0.2, 0) is 0 Å². The van der Waals surface area contributed by atoms with E-state index in [9.17, 15) is 18.0 Å². The number of nitrogens with zero attached hydrogens (tertiary/aromatic N) is 2. The molecule has 0 radical (unpaired) electrons. The zero-order valence-electron chi connectivity index (χ0n) is 14.2. The molecule has 2 aromatic rings. The number of hydrogen-bond donors (Lipinski definition) is 1. The van der Waals surface area contributed by atoms with Crippen molar-refractivity contribution in [2.45, 2.75) is 0 Å². The van der Waals surface area contributed by atoms with Gasteiger partial charge in [-0.3, -0.25) is 9.69 Å². The molecule has 0 spiro atoms. The van der Waals surface area contributed by atoms with Gasteiger partial charge in [-0.25, -0.2) is 13.2 Å². The normalized spacial score (nSPS) is 15.1. The average Bonchev–Trinajstić information content (AvgIpc) is 2.65. The van der Waals surface area contributed by atoms with Crippen molar-refractivity contribution in [1.82, 2.24) is 10.2 Å². The molecular formula is C19H20F3N3O. The molecule has 2 aromatic carbocycles. The Morgan fingerprint density at radius 1 is 0.923 bits per heavy atom. The number of hydrogen-bond acceptors (Lipinski definition) is 3. The number of piperazine rings is 1. The summed E-state index contributed by atoms with van der Waals surface area (Å²) in [7, 11) is 0. The molecule has 1 N–H and O–H groups in total. The summed E-state index contributed by atoms with van der Waals surface area (Å²) in [5, 5.41) is 2.70. The molecule has 1 aliphatic rings. The number of carbonyl (C=O) groups excluding carboxylic acids is 1. The molecule has 26 heavy (non-hydrogen) atoms. The van der Waals surface area contributed by atoms with Crippen LogP contribution in [-0.4, -0.2) is 50.1 Å². The summed E-state index contributed by atoms with van der Waals surface area (Å²) in [6, 6.07) is 9.79. The van der Waals surface area contributed by atoms with E-state index in [1.54, 1.807) is 12.1 Å². The average molecular weight is 363 g/mol. The summed E-state index contributed by atoms with van der Waals surface area (Å²) >= 11 is 0. The topological polar surface area (TPSA) is 35.6 Å². The number of benzene rings is 2. The Morgan fingerprint density at radius 2 is 1.65 bits per heavy atom. The van der Waals surface area contributed by atoms with Gasteiger partial charge in [0.05, 0.1) is 5.69 Å². The lowest BCUT2D eigenvalue weighted by Gasteiger charge is -2.36. The standard InChI is InChI=1S/C19H20F3N3O/c20-15-6-5-14(13-17(15)22)19(26)23-7-8-24-9-11-25(12-10-24)18-4-2-1-3-16(18)21/h1-6,13H,7-12H2,(H,23,26). The summed E-state index contributed by atoms with van der Waals surface area (Å²) in [5.74, 6) is -2.68. The highest BCUT2D eigenvalue weighted by molar-refractivity contribution is 5.94. The molecule has 0 aromatic heterocycles. The molecule has 3 rings (SSSR count). The van der Waals surface area contributed by atoms with E-state index in [0.29, 0.717) is 31.9 Å². The highest BCUT2D eigenvalue weighted by atomic mass is 19.2. The Bertz CT molecular complexity index is 776. The van der Waals surface area contributed by atoms with Crippen molar-refractivity contribution < 1.29 is 18.0 Å². The lowest BCUT2D eigenvalue weighted by atomic mass is 10.2. The lowest BCUT2D eigenvalue weighted by molar-refractivity contribution is 0.0947. The molecule has 4 nitrogen and oxygen atoms in total. The lowest BCUT2D eigenvalue weighted by Crippen LogP contribution is -2.48. The summed E-state index contributed by atoms with van der Waals surface area (Å²) < 4.78 is 39.9. The second-order valence-electron chi connectivity index (χ2n) is 6.16. The second kappa shape index (κ2) is 8.23. The van der Waals surface area contributed by atoms with E-state index in [-0.39, 0.29) is 11.4 Å². The number of carbonyl (C=O) groups is 1. The van der Waals surface area contributed by atoms with Crippen LogP contribution in [0.3, 0.4) is 0 Å². The van der Waals surface area contributed by atoms with Crippen LogP contribution in [0.2, 0.25) is 0 Å². The third-order valence-electron chi connectivity index (χ3n) is 4.46. The monoisotopic (exact) mass is 363 g/mol. The van der Waals surface area contributed by atoms with Gasteiger partial charge in [0.15, 0.2) is 11.6 Å². The first-order valence-electron chi connectivity index (χ1n) is 8.49. The number of amides is 1. The van der Waals surface area contributed by atoms with E-state index >= 15 is 0 Å². The highest BCUT2D eigenvalue weighted by Crippen LogP contribution is 2.19. The van der Waals surface area contributed by atoms with Crippen molar-refractivity contribution >= 4 is 11.6 Å². The van der Waals surface area contributed by atoms with Crippen molar-refractivity contribution in [3.63, 3.8) is 0 Å². The van der Waals surface area contributed by atoms with Gasteiger partial charge in [0.1, 0.15) is 5.82 Å². The molecule has 1 amide bonds. The Labute approximate surface area is 150 Å². The van der Waals surface area contributed by atoms with Crippen LogP contribution in [0.1, 0.15) is 10.4 Å². The van der Waals surface area contributed by atoms with Crippen LogP contribution in [0, 0.1) is 17.5 Å². The van der Waals surface area contributed by atoms with Crippen LogP contribution < -0.4 is 10.2 Å². The van der Waals surface area contributed by atoms with E-state index in [4.69, 9.17) is 0 Å². The fourth-order valence-corrected chi connectivity index (χ4v) is 2.99. The Balaban J connectivity index is 1.43. The number of rotatable bonds is 5. The molecule has 0 aliphatic carbocycles. The zero-order chi connectivity index (χ0) is 18.5. The van der Waals surface area contributed by atoms with Crippen LogP contribution in [0.15, 0.2) is 42.5 Å². The van der Waals surface area contributed by atoms with E-state index in [1.807, 2.05) is 11.0 Å². The van der Waals surface area contributed by atoms with Gasteiger partial charge in [-0.1, -0.05) is 12.1 Å². The minimum Gasteiger partial charge on any atom is -0.367 e. The van der Waals surface area contributed by atoms with Crippen molar-refractivity contribution in [2.75, 3.05) is 44.2 Å². The highest BCUT2D eigenvalue weighted by Gasteiger charge is 2.19. The molecule has 0 bridgehead atoms. The van der Waals surface area contributed by atoms with E-state index in [1.165, 1.54) is 12.1 Å². The third-order valence-corrected chi connectivity index (χ3v) is 4.46. The summed E-state index contributed by atoms with van der Waals surface area (Å²) in [5.41, 5.74) is 0.701. The molecular weight excluding hydrogens is 343 g/mol. The predicted octanol–water partition coefficient (Wildman–Crippen LogP) is 2.66. The maximum Gasteiger partial charge on any atom is 0.251 e. The fraction of sp³-hybridized carbons (Fsp3) is 0.316. The van der Waals surface area contributed by atoms with Gasteiger partial charge in [-0.05, 0) is 30.3 Å². The van der Waals surface area contributed by atoms with E-state index in [2.05, 4.69) is 10.2 Å². The van der Waals surface area contributed by atoms with Gasteiger partial charge in [0.25, 0.3) is 5.91 Å². The van der Waals surface area contributed by atoms with Crippen LogP contribution >= 0.6 is 0 Å². The first-order chi connectivity index (χ1) is 12.5. The second-order valence-corrected chi connectivity index (χ2v) is 6.16. The third kappa shape index (κ3) is 4.35. The molecule has 0 atom stereocenters. The van der Waals surface area contributed by atoms with Crippen molar-refractivity contribution in [3.8, 4) is 0 Å². The van der Waals surface area contributed by atoms with Gasteiger partial charge in [0, 0.05) is 44.8 Å². The largest absolute Gasteiger partial charge is 0.367 e. The SMILES string of the molecule is O=C(NCCN1CCN(c2ccccc2F)CC1)c1ccc(F)c(F)c1. The van der Waals surface area contributed by atoms with Crippen LogP contribution in [0.4, 0.5) is 18.9 Å². The van der Waals surface area contributed by atoms with Gasteiger partial charge in [-0.2, -0.15) is 0 Å². The Morgan fingerprint density at radius 3 is 2.35 bits per heavy atom. The molecule has 0 saturated carbocycles. The molecule has 1 heterocycles. The predicted molar refractivity (Wildman–Crippen MR) is 93.7 cm³/mol. The maximum atomic E-state index is 13.8. The molecule has 1 saturated heterocycles. The first kappa shape index (κ1) is 18.3. The molecule has 138 valence electrons. The van der Waals surface area contributed by atoms with E-state index < -0.39 is 17.5 Å². The summed E-state index contributed by atoms with van der Waals surface area (Å²) in [4.78, 5) is 16.1. The van der Waals surface area contributed by atoms with E-state index in [0.717, 1.165) is 25.2 Å². The van der Waals surface area contributed by atoms with Crippen LogP contribution in [0.5, 0.6) is 0 Å². The fourth-order valence-electron chi connectivity index (χ4n) is 2.99. The molecule has 1 aliphatic heterocycles. The van der Waals surface area contributed by atoms with Gasteiger partial charge >= 0.3 is 0 Å². The van der Waals surface area contributed by atoms with Crippen molar-refractivity contribution in [2.24, 2.45) is 0 Å². The van der Waals surface area contributed by atoms with Crippen LogP contribution in [0.25, 0.3) is 0 Å². The molecule has 0 unspecified atom stereocenters. The molecule has 1 fully saturated rings. The number of para-hydroxylation sites is 1. The van der Waals surface area contributed by atoms with Gasteiger partial charge < -0.3 is 10.2 Å². The number of nitrogens with one attached hydrogen (secondary N) is 1. The quantitative estimate of drug-likeness (QED) is 0.887. The van der Waals surface area contributed by atoms with Crippen molar-refractivity contribution in [3.05, 3.63) is 65.5 Å². The van der Waals surface area contributed by atoms with Gasteiger partial charge in [-0.15, -0.1) is 0 Å². The summed E-state index contributed by atoms with van der Waals surface area (Å²) in [6.45, 7) is 3.97. The Kier molecular flexibility index (Phi) is 5.78. The first-order valence-corrected chi connectivity index (χ1v) is 8.49. The summed E-state index contributed by atoms with van der Waals surface area (Å²) in [6.07, 6.45) is 0. The van der Waals surface area contributed by atoms with Crippen molar-refractivity contribution in [1.29, 1.82) is 0 Å². The van der Waals surface area contributed by atoms with Gasteiger partial charge in [0.2, 0.25) is 0 Å². The smallest absolute Gasteiger partial charge is 0.251 e. The number of halogens is 3. The minimum absolute atomic E-state index is 0.0910. The maximum absolute atomic E-state index is 13.8. The zero-order valence-corrected chi connectivity index (χ0v) is 14.2. The minimum atomic E-state index is -1.04. The Hall–Kier alpha value is -2.54.